The van der Waals surface area contributed by atoms with Crippen LogP contribution in [0, 0.1) is 0 Å². The molecule has 1 amide bonds. The standard InChI is InChI=1S/C52H105N2O6P/c1-6-8-10-12-14-16-18-19-20-21-22-23-24-25-26-27-28-29-30-31-32-33-34-36-37-39-41-43-45-51(55)50(49-60-61(57,58)59-48-47-54(3,4)5)53-52(56)46-44-42-40-38-35-17-15-13-11-9-7-2/h43,45,50-51,55H,6-42,44,46-49H2,1-5H3,(H-,53,56,57,58)/p+1/b45-43+. The Kier molecular flexibility index (Phi) is 43.9. The number of carbonyl (C=O) groups is 1. The first kappa shape index (κ1) is 60.2. The van der Waals surface area contributed by atoms with Crippen molar-refractivity contribution in [3.05, 3.63) is 12.2 Å². The second kappa shape index (κ2) is 44.4. The van der Waals surface area contributed by atoms with Gasteiger partial charge in [-0.25, -0.2) is 4.57 Å². The second-order valence-corrected chi connectivity index (χ2v) is 21.1. The summed E-state index contributed by atoms with van der Waals surface area (Å²) >= 11 is 0. The molecule has 0 aliphatic rings. The van der Waals surface area contributed by atoms with Gasteiger partial charge in [-0.05, 0) is 19.3 Å². The van der Waals surface area contributed by atoms with Gasteiger partial charge in [-0.1, -0.05) is 251 Å². The van der Waals surface area contributed by atoms with Crippen LogP contribution in [0.2, 0.25) is 0 Å². The molecule has 8 nitrogen and oxygen atoms in total. The number of nitrogens with zero attached hydrogens (tertiary/aromatic N) is 1. The fourth-order valence-electron chi connectivity index (χ4n) is 8.04. The molecule has 0 aromatic rings. The summed E-state index contributed by atoms with van der Waals surface area (Å²) in [7, 11) is 1.58. The highest BCUT2D eigenvalue weighted by atomic mass is 31.2. The van der Waals surface area contributed by atoms with Crippen LogP contribution in [0.5, 0.6) is 0 Å². The van der Waals surface area contributed by atoms with Crippen LogP contribution < -0.4 is 5.32 Å². The van der Waals surface area contributed by atoms with Crippen molar-refractivity contribution in [2.75, 3.05) is 40.9 Å². The molecule has 61 heavy (non-hydrogen) atoms. The minimum Gasteiger partial charge on any atom is -0.387 e. The highest BCUT2D eigenvalue weighted by Gasteiger charge is 2.27. The Balaban J connectivity index is 4.10. The summed E-state index contributed by atoms with van der Waals surface area (Å²) in [5, 5.41) is 13.9. The van der Waals surface area contributed by atoms with E-state index in [9.17, 15) is 19.4 Å². The van der Waals surface area contributed by atoms with Gasteiger partial charge in [-0.2, -0.15) is 0 Å². The molecule has 0 rings (SSSR count). The lowest BCUT2D eigenvalue weighted by molar-refractivity contribution is -0.870. The smallest absolute Gasteiger partial charge is 0.387 e. The molecule has 3 unspecified atom stereocenters. The van der Waals surface area contributed by atoms with Crippen molar-refractivity contribution in [1.29, 1.82) is 0 Å². The number of aliphatic hydroxyl groups excluding tert-OH is 1. The maximum absolute atomic E-state index is 12.9. The van der Waals surface area contributed by atoms with Crippen molar-refractivity contribution in [2.24, 2.45) is 0 Å². The quantitative estimate of drug-likeness (QED) is 0.0243. The van der Waals surface area contributed by atoms with Gasteiger partial charge >= 0.3 is 7.82 Å². The third kappa shape index (κ3) is 47.0. The van der Waals surface area contributed by atoms with Gasteiger partial charge in [0.2, 0.25) is 5.91 Å². The number of quaternary nitrogens is 1. The number of phosphoric acid groups is 1. The van der Waals surface area contributed by atoms with Crippen LogP contribution in [0.15, 0.2) is 12.2 Å². The van der Waals surface area contributed by atoms with Gasteiger partial charge < -0.3 is 19.8 Å². The Bertz CT molecular complexity index is 1000. The number of hydrogen-bond acceptors (Lipinski definition) is 5. The summed E-state index contributed by atoms with van der Waals surface area (Å²) in [4.78, 5) is 23.1. The van der Waals surface area contributed by atoms with Crippen LogP contribution in [-0.4, -0.2) is 73.4 Å². The molecule has 3 atom stereocenters. The highest BCUT2D eigenvalue weighted by Crippen LogP contribution is 2.43. The minimum absolute atomic E-state index is 0.0647. The third-order valence-corrected chi connectivity index (χ3v) is 13.2. The molecular weight excluding hydrogens is 780 g/mol. The van der Waals surface area contributed by atoms with Crippen molar-refractivity contribution >= 4 is 13.7 Å². The molecule has 364 valence electrons. The van der Waals surface area contributed by atoms with E-state index >= 15 is 0 Å². The molecule has 0 heterocycles. The number of nitrogens with one attached hydrogen (secondary N) is 1. The van der Waals surface area contributed by atoms with Crippen molar-refractivity contribution < 1.29 is 32.9 Å². The summed E-state index contributed by atoms with van der Waals surface area (Å²) in [6.07, 6.45) is 53.1. The van der Waals surface area contributed by atoms with Crippen LogP contribution in [0.1, 0.15) is 264 Å². The largest absolute Gasteiger partial charge is 0.472 e. The van der Waals surface area contributed by atoms with E-state index in [-0.39, 0.29) is 19.1 Å². The molecule has 0 aliphatic carbocycles. The van der Waals surface area contributed by atoms with Crippen LogP contribution in [0.3, 0.4) is 0 Å². The van der Waals surface area contributed by atoms with Gasteiger partial charge in [0.1, 0.15) is 13.2 Å². The average molecular weight is 886 g/mol. The molecular formula is C52H106N2O6P+. The Morgan fingerprint density at radius 1 is 0.541 bits per heavy atom. The lowest BCUT2D eigenvalue weighted by Gasteiger charge is -2.25. The highest BCUT2D eigenvalue weighted by molar-refractivity contribution is 7.47. The first-order valence-electron chi connectivity index (χ1n) is 26.6. The zero-order valence-corrected chi connectivity index (χ0v) is 42.3. The van der Waals surface area contributed by atoms with Crippen molar-refractivity contribution in [1.82, 2.24) is 5.32 Å². The molecule has 0 bridgehead atoms. The van der Waals surface area contributed by atoms with Gasteiger partial charge in [0.15, 0.2) is 0 Å². The summed E-state index contributed by atoms with van der Waals surface area (Å²) in [5.74, 6) is -0.175. The van der Waals surface area contributed by atoms with Crippen LogP contribution in [-0.2, 0) is 18.4 Å². The molecule has 0 fully saturated rings. The van der Waals surface area contributed by atoms with E-state index in [1.807, 2.05) is 27.2 Å². The summed E-state index contributed by atoms with van der Waals surface area (Å²) in [6.45, 7) is 4.83. The number of unbranched alkanes of at least 4 members (excludes halogenated alkanes) is 36. The van der Waals surface area contributed by atoms with Crippen molar-refractivity contribution in [3.63, 3.8) is 0 Å². The second-order valence-electron chi connectivity index (χ2n) is 19.6. The zero-order valence-electron chi connectivity index (χ0n) is 41.4. The fraction of sp³-hybridized carbons (Fsp3) is 0.942. The summed E-state index contributed by atoms with van der Waals surface area (Å²) in [6, 6.07) is -0.840. The molecule has 0 spiro atoms. The van der Waals surface area contributed by atoms with Gasteiger partial charge in [0.05, 0.1) is 39.9 Å². The SMILES string of the molecule is CCCCCCCCCCCCCCCCCCCCCCCCCCCC/C=C/C(O)C(COP(=O)(O)OCC[N+](C)(C)C)NC(=O)CCCCCCCCCCCCC. The van der Waals surface area contributed by atoms with Gasteiger partial charge in [-0.3, -0.25) is 13.8 Å². The number of allylic oxidation sites excluding steroid dienone is 1. The molecule has 9 heteroatoms. The molecule has 0 radical (unpaired) electrons. The van der Waals surface area contributed by atoms with E-state index in [0.29, 0.717) is 17.4 Å². The number of aliphatic hydroxyl groups is 1. The molecule has 0 saturated carbocycles. The number of carbonyl (C=O) groups excluding carboxylic acids is 1. The molecule has 0 saturated heterocycles. The van der Waals surface area contributed by atoms with E-state index in [1.165, 1.54) is 212 Å². The maximum Gasteiger partial charge on any atom is 0.472 e. The Labute approximate surface area is 380 Å². The predicted molar refractivity (Wildman–Crippen MR) is 263 cm³/mol. The Morgan fingerprint density at radius 2 is 0.869 bits per heavy atom. The topological polar surface area (TPSA) is 105 Å². The maximum atomic E-state index is 12.9. The van der Waals surface area contributed by atoms with E-state index in [1.54, 1.807) is 6.08 Å². The van der Waals surface area contributed by atoms with E-state index in [4.69, 9.17) is 9.05 Å². The molecule has 3 N–H and O–H groups in total. The molecule has 0 aliphatic heterocycles. The third-order valence-electron chi connectivity index (χ3n) is 12.3. The monoisotopic (exact) mass is 886 g/mol. The van der Waals surface area contributed by atoms with Crippen molar-refractivity contribution in [2.45, 2.75) is 276 Å². The average Bonchev–Trinajstić information content (AvgIpc) is 3.21. The lowest BCUT2D eigenvalue weighted by Crippen LogP contribution is -2.45. The van der Waals surface area contributed by atoms with E-state index < -0.39 is 20.0 Å². The fourth-order valence-corrected chi connectivity index (χ4v) is 8.78. The Morgan fingerprint density at radius 3 is 1.21 bits per heavy atom. The molecule has 0 aromatic carbocycles. The Hall–Kier alpha value is -0.760. The minimum atomic E-state index is -4.33. The number of amides is 1. The number of hydrogen-bond donors (Lipinski definition) is 3. The van der Waals surface area contributed by atoms with Crippen molar-refractivity contribution in [3.8, 4) is 0 Å². The number of likely N-dealkylation sites (N-methyl/N-ethyl adjacent to an activating group) is 1. The van der Waals surface area contributed by atoms with Crippen LogP contribution in [0.25, 0.3) is 0 Å². The first-order chi connectivity index (χ1) is 29.5. The summed E-state index contributed by atoms with van der Waals surface area (Å²) < 4.78 is 23.6. The predicted octanol–water partition coefficient (Wildman–Crippen LogP) is 15.5. The first-order valence-corrected chi connectivity index (χ1v) is 28.1. The van der Waals surface area contributed by atoms with Crippen LogP contribution >= 0.6 is 7.82 Å². The lowest BCUT2D eigenvalue weighted by atomic mass is 10.0. The number of phosphoric ester groups is 1. The van der Waals surface area contributed by atoms with Gasteiger partial charge in [-0.15, -0.1) is 0 Å². The normalized spacial score (nSPS) is 14.1. The van der Waals surface area contributed by atoms with E-state index in [0.717, 1.165) is 32.1 Å². The molecule has 0 aromatic heterocycles. The zero-order chi connectivity index (χ0) is 45.0. The van der Waals surface area contributed by atoms with Crippen LogP contribution in [0.4, 0.5) is 0 Å². The van der Waals surface area contributed by atoms with Gasteiger partial charge in [0.25, 0.3) is 0 Å². The van der Waals surface area contributed by atoms with Gasteiger partial charge in [0, 0.05) is 6.42 Å². The number of rotatable bonds is 49. The summed E-state index contributed by atoms with van der Waals surface area (Å²) in [5.41, 5.74) is 0. The van der Waals surface area contributed by atoms with E-state index in [2.05, 4.69) is 19.2 Å².